The highest BCUT2D eigenvalue weighted by Crippen LogP contribution is 2.39. The number of nitrogens with zero attached hydrogens (tertiary/aromatic N) is 1. The molecule has 7 nitrogen and oxygen atoms in total. The summed E-state index contributed by atoms with van der Waals surface area (Å²) in [6.07, 6.45) is 22.5. The van der Waals surface area contributed by atoms with Crippen molar-refractivity contribution in [3.05, 3.63) is 70.8 Å². The number of fused-ring (bicyclic) bond motifs is 1. The van der Waals surface area contributed by atoms with Crippen LogP contribution in [0.1, 0.15) is 110 Å². The molecule has 48 heavy (non-hydrogen) atoms. The third-order valence-electron chi connectivity index (χ3n) is 9.58. The molecule has 0 aliphatic heterocycles. The van der Waals surface area contributed by atoms with Crippen LogP contribution < -0.4 is 5.56 Å². The number of nitrogens with one attached hydrogen (secondary N) is 1. The van der Waals surface area contributed by atoms with E-state index in [1.165, 1.54) is 76.5 Å². The predicted octanol–water partition coefficient (Wildman–Crippen LogP) is 9.49. The highest BCUT2D eigenvalue weighted by molar-refractivity contribution is 5.96. The summed E-state index contributed by atoms with van der Waals surface area (Å²) < 4.78 is 18.6. The van der Waals surface area contributed by atoms with Gasteiger partial charge in [0.05, 0.1) is 12.2 Å². The van der Waals surface area contributed by atoms with Crippen LogP contribution in [0, 0.1) is 11.8 Å². The Morgan fingerprint density at radius 3 is 1.96 bits per heavy atom. The third-order valence-corrected chi connectivity index (χ3v) is 9.58. The van der Waals surface area contributed by atoms with E-state index in [2.05, 4.69) is 47.5 Å². The van der Waals surface area contributed by atoms with Crippen LogP contribution >= 0.6 is 0 Å². The van der Waals surface area contributed by atoms with Crippen LogP contribution in [0.5, 0.6) is 0 Å². The van der Waals surface area contributed by atoms with Gasteiger partial charge < -0.3 is 23.8 Å². The molecule has 3 aromatic rings. The first-order valence-electron chi connectivity index (χ1n) is 18.0. The van der Waals surface area contributed by atoms with Crippen molar-refractivity contribution in [1.29, 1.82) is 0 Å². The Kier molecular flexibility index (Phi) is 13.9. The van der Waals surface area contributed by atoms with Gasteiger partial charge in [-0.3, -0.25) is 9.59 Å². The summed E-state index contributed by atoms with van der Waals surface area (Å²) in [6, 6.07) is 9.71. The molecule has 6 rings (SSSR count). The molecule has 262 valence electrons. The summed E-state index contributed by atoms with van der Waals surface area (Å²) in [7, 11) is 2.06. The number of hydrogen-bond acceptors (Lipinski definition) is 5. The maximum Gasteiger partial charge on any atom is 0.303 e. The molecule has 0 radical (unpaired) electrons. The second kappa shape index (κ2) is 17.8. The average molecular weight is 659 g/mol. The number of ether oxygens (including phenoxy) is 3. The first-order valence-corrected chi connectivity index (χ1v) is 18.0. The lowest BCUT2D eigenvalue weighted by Gasteiger charge is -2.37. The molecule has 0 bridgehead atoms. The minimum absolute atomic E-state index is 0.0898. The fourth-order valence-corrected chi connectivity index (χ4v) is 6.48. The van der Waals surface area contributed by atoms with Crippen LogP contribution in [0.2, 0.25) is 0 Å². The normalized spacial score (nSPS) is 19.3. The van der Waals surface area contributed by atoms with E-state index in [-0.39, 0.29) is 17.1 Å². The molecule has 3 aliphatic carbocycles. The molecule has 0 amide bonds. The van der Waals surface area contributed by atoms with Crippen LogP contribution in [0.3, 0.4) is 0 Å². The van der Waals surface area contributed by atoms with Gasteiger partial charge in [-0.15, -0.1) is 0 Å². The Hall–Kier alpha value is -3.42. The smallest absolute Gasteiger partial charge is 0.303 e. The van der Waals surface area contributed by atoms with Crippen LogP contribution in [0.4, 0.5) is 0 Å². The topological polar surface area (TPSA) is 82.5 Å². The quantitative estimate of drug-likeness (QED) is 0.208. The van der Waals surface area contributed by atoms with E-state index in [1.54, 1.807) is 12.3 Å². The van der Waals surface area contributed by atoms with Crippen molar-refractivity contribution >= 4 is 29.0 Å². The number of benzene rings is 1. The number of allylic oxidation sites excluding steroid dienone is 1. The van der Waals surface area contributed by atoms with Crippen LogP contribution in [0.25, 0.3) is 34.2 Å². The second-order valence-electron chi connectivity index (χ2n) is 14.6. The van der Waals surface area contributed by atoms with Crippen molar-refractivity contribution < 1.29 is 19.0 Å². The van der Waals surface area contributed by atoms with Crippen LogP contribution in [-0.4, -0.2) is 46.5 Å². The number of carbonyl (C=O) groups excluding carboxylic acids is 1. The Labute approximate surface area is 287 Å². The Balaban J connectivity index is 0.000000180. The van der Waals surface area contributed by atoms with Gasteiger partial charge in [-0.2, -0.15) is 0 Å². The Morgan fingerprint density at radius 1 is 0.958 bits per heavy atom. The van der Waals surface area contributed by atoms with Gasteiger partial charge in [0, 0.05) is 61.6 Å². The number of esters is 1. The number of carbonyl (C=O) groups is 1. The van der Waals surface area contributed by atoms with Gasteiger partial charge in [0.1, 0.15) is 5.60 Å². The fraction of sp³-hybridized carbons (Fsp3) is 0.561. The Bertz CT molecular complexity index is 1520. The van der Waals surface area contributed by atoms with Gasteiger partial charge in [0.2, 0.25) is 5.56 Å². The fourth-order valence-electron chi connectivity index (χ4n) is 6.48. The van der Waals surface area contributed by atoms with Gasteiger partial charge in [0.25, 0.3) is 0 Å². The van der Waals surface area contributed by atoms with Crippen molar-refractivity contribution in [2.45, 2.75) is 117 Å². The largest absolute Gasteiger partial charge is 0.460 e. The molecule has 0 saturated heterocycles. The molecule has 0 atom stereocenters. The molecular formula is C41H58N2O5. The Morgan fingerprint density at radius 2 is 1.54 bits per heavy atom. The molecule has 2 aromatic heterocycles. The second-order valence-corrected chi connectivity index (χ2v) is 14.6. The first kappa shape index (κ1) is 37.4. The van der Waals surface area contributed by atoms with Crippen LogP contribution in [-0.2, 0) is 26.1 Å². The first-order chi connectivity index (χ1) is 23.0. The zero-order chi connectivity index (χ0) is 34.7. The van der Waals surface area contributed by atoms with E-state index in [0.717, 1.165) is 53.0 Å². The summed E-state index contributed by atoms with van der Waals surface area (Å²) in [5, 5.41) is 1.18. The van der Waals surface area contributed by atoms with Crippen molar-refractivity contribution in [3.8, 4) is 11.1 Å². The van der Waals surface area contributed by atoms with Gasteiger partial charge >= 0.3 is 5.97 Å². The zero-order valence-electron chi connectivity index (χ0n) is 30.2. The maximum atomic E-state index is 11.2. The maximum absolute atomic E-state index is 11.2. The number of aromatic amines is 1. The molecule has 3 fully saturated rings. The van der Waals surface area contributed by atoms with Gasteiger partial charge in [-0.1, -0.05) is 30.9 Å². The highest BCUT2D eigenvalue weighted by Gasteiger charge is 2.29. The number of H-pyrrole nitrogens is 1. The van der Waals surface area contributed by atoms with Crippen molar-refractivity contribution in [2.24, 2.45) is 18.9 Å². The molecule has 7 heteroatoms. The average Bonchev–Trinajstić information content (AvgIpc) is 3.23. The number of pyridine rings is 1. The zero-order valence-corrected chi connectivity index (χ0v) is 30.2. The van der Waals surface area contributed by atoms with E-state index in [1.807, 2.05) is 45.9 Å². The standard InChI is InChI=1S/C19H18N2O.C16H28O2.C6H12O2/c1-4-6-17-15(5-2)16-9-7-13(11-18(16)21(17)3)14-8-10-19(22)20-12-14;1-3-15(4-1)17-9-7-13-11-14(12-13)8-10-18-16-5-2-6-16;1-5(7)8-6(2,3)4/h4-12H,2H2,1,3H3,(H,20,22);13-16H,1-12H2;1-4H3/b6-4-;;. The molecule has 3 saturated carbocycles. The number of aromatic nitrogens is 2. The molecule has 0 unspecified atom stereocenters. The summed E-state index contributed by atoms with van der Waals surface area (Å²) >= 11 is 0. The van der Waals surface area contributed by atoms with Gasteiger partial charge in [-0.05, 0) is 133 Å². The third kappa shape index (κ3) is 11.1. The molecule has 1 aromatic carbocycles. The SMILES string of the molecule is C1CC(OCCC2CC(CCOC3CCC3)C2)C1.C=Cc1c(/C=C\C)n(C)c2cc(-c3ccc(=O)[nH]c3)ccc12.CC(=O)OC(C)(C)C. The lowest BCUT2D eigenvalue weighted by molar-refractivity contribution is -0.151. The number of aryl methyl sites for hydroxylation is 1. The van der Waals surface area contributed by atoms with E-state index < -0.39 is 0 Å². The molecule has 2 heterocycles. The minimum Gasteiger partial charge on any atom is -0.460 e. The summed E-state index contributed by atoms with van der Waals surface area (Å²) in [5.74, 6) is 1.69. The molecule has 0 spiro atoms. The lowest BCUT2D eigenvalue weighted by Crippen LogP contribution is -2.29. The summed E-state index contributed by atoms with van der Waals surface area (Å²) in [4.78, 5) is 24.2. The van der Waals surface area contributed by atoms with Crippen molar-refractivity contribution in [2.75, 3.05) is 13.2 Å². The molecule has 1 N–H and O–H groups in total. The minimum atomic E-state index is -0.328. The van der Waals surface area contributed by atoms with Gasteiger partial charge in [0.15, 0.2) is 0 Å². The number of rotatable bonds is 11. The van der Waals surface area contributed by atoms with E-state index in [0.29, 0.717) is 12.2 Å². The summed E-state index contributed by atoms with van der Waals surface area (Å²) in [5.41, 5.74) is 5.09. The molecule has 3 aliphatic rings. The van der Waals surface area contributed by atoms with Crippen molar-refractivity contribution in [1.82, 2.24) is 9.55 Å². The van der Waals surface area contributed by atoms with E-state index >= 15 is 0 Å². The van der Waals surface area contributed by atoms with Crippen LogP contribution in [0.15, 0.2) is 54.0 Å². The van der Waals surface area contributed by atoms with Gasteiger partial charge in [-0.25, -0.2) is 0 Å². The molecular weight excluding hydrogens is 600 g/mol. The van der Waals surface area contributed by atoms with Crippen molar-refractivity contribution in [3.63, 3.8) is 0 Å². The predicted molar refractivity (Wildman–Crippen MR) is 198 cm³/mol. The lowest BCUT2D eigenvalue weighted by atomic mass is 9.72. The highest BCUT2D eigenvalue weighted by atomic mass is 16.6. The number of hydrogen-bond donors (Lipinski definition) is 1. The summed E-state index contributed by atoms with van der Waals surface area (Å²) in [6.45, 7) is 14.9. The van der Waals surface area contributed by atoms with E-state index in [4.69, 9.17) is 14.2 Å². The van der Waals surface area contributed by atoms with E-state index in [9.17, 15) is 9.59 Å². The monoisotopic (exact) mass is 658 g/mol.